The molecule has 0 aliphatic rings. The van der Waals surface area contributed by atoms with E-state index < -0.39 is 0 Å². The van der Waals surface area contributed by atoms with Crippen LogP contribution in [0.25, 0.3) is 0 Å². The summed E-state index contributed by atoms with van der Waals surface area (Å²) in [5, 5.41) is 15.6. The highest BCUT2D eigenvalue weighted by Crippen LogP contribution is 2.12. The maximum atomic E-state index is 9.05. The summed E-state index contributed by atoms with van der Waals surface area (Å²) in [5.74, 6) is 1.93. The number of ether oxygens (including phenoxy) is 1. The lowest BCUT2D eigenvalue weighted by Gasteiger charge is -2.12. The molecule has 0 amide bonds. The van der Waals surface area contributed by atoms with Crippen LogP contribution in [0.5, 0.6) is 5.75 Å². The van der Waals surface area contributed by atoms with Gasteiger partial charge in [-0.3, -0.25) is 4.99 Å². The minimum Gasteiger partial charge on any atom is -0.497 e. The van der Waals surface area contributed by atoms with E-state index in [1.54, 1.807) is 7.11 Å². The number of hydrogen-bond acceptors (Lipinski definition) is 3. The second-order valence-corrected chi connectivity index (χ2v) is 5.74. The lowest BCUT2D eigenvalue weighted by atomic mass is 10.1. The summed E-state index contributed by atoms with van der Waals surface area (Å²) in [6.45, 7) is 6.58. The Bertz CT molecular complexity index is 446. The molecule has 0 saturated carbocycles. The average molecular weight is 321 g/mol. The van der Waals surface area contributed by atoms with E-state index in [4.69, 9.17) is 9.84 Å². The van der Waals surface area contributed by atoms with Gasteiger partial charge in [-0.05, 0) is 49.8 Å². The van der Waals surface area contributed by atoms with E-state index in [2.05, 4.69) is 34.7 Å². The summed E-state index contributed by atoms with van der Waals surface area (Å²) >= 11 is 0. The van der Waals surface area contributed by atoms with Crippen LogP contribution in [0.4, 0.5) is 0 Å². The van der Waals surface area contributed by atoms with Crippen molar-refractivity contribution in [1.82, 2.24) is 10.6 Å². The lowest BCUT2D eigenvalue weighted by molar-refractivity contribution is 0.241. The number of aliphatic hydroxyl groups excluding tert-OH is 1. The van der Waals surface area contributed by atoms with Gasteiger partial charge in [-0.1, -0.05) is 19.1 Å². The molecule has 3 N–H and O–H groups in total. The number of nitrogens with one attached hydrogen (secondary N) is 2. The summed E-state index contributed by atoms with van der Waals surface area (Å²) in [7, 11) is 1.69. The van der Waals surface area contributed by atoms with Crippen LogP contribution in [0.3, 0.4) is 0 Å². The maximum absolute atomic E-state index is 9.05. The second-order valence-electron chi connectivity index (χ2n) is 5.74. The molecule has 0 aliphatic carbocycles. The Morgan fingerprint density at radius 1 is 1.22 bits per heavy atom. The zero-order valence-electron chi connectivity index (χ0n) is 14.6. The van der Waals surface area contributed by atoms with Gasteiger partial charge in [-0.25, -0.2) is 0 Å². The monoisotopic (exact) mass is 321 g/mol. The highest BCUT2D eigenvalue weighted by atomic mass is 16.5. The number of aliphatic hydroxyl groups is 1. The highest BCUT2D eigenvalue weighted by molar-refractivity contribution is 5.79. The van der Waals surface area contributed by atoms with E-state index in [9.17, 15) is 0 Å². The van der Waals surface area contributed by atoms with Crippen LogP contribution < -0.4 is 15.4 Å². The second kappa shape index (κ2) is 11.8. The Morgan fingerprint density at radius 3 is 2.57 bits per heavy atom. The van der Waals surface area contributed by atoms with Crippen molar-refractivity contribution in [2.24, 2.45) is 10.9 Å². The quantitative estimate of drug-likeness (QED) is 0.351. The van der Waals surface area contributed by atoms with Gasteiger partial charge in [-0.15, -0.1) is 0 Å². The predicted octanol–water partition coefficient (Wildman–Crippen LogP) is 2.20. The van der Waals surface area contributed by atoms with Crippen molar-refractivity contribution in [3.05, 3.63) is 29.8 Å². The number of nitrogens with zero attached hydrogens (tertiary/aromatic N) is 1. The molecule has 1 atom stereocenters. The lowest BCUT2D eigenvalue weighted by Crippen LogP contribution is -2.38. The molecule has 5 nitrogen and oxygen atoms in total. The van der Waals surface area contributed by atoms with Gasteiger partial charge in [0.2, 0.25) is 0 Å². The Morgan fingerprint density at radius 2 is 1.96 bits per heavy atom. The van der Waals surface area contributed by atoms with Gasteiger partial charge in [0, 0.05) is 26.2 Å². The molecule has 130 valence electrons. The van der Waals surface area contributed by atoms with Crippen molar-refractivity contribution in [2.75, 3.05) is 33.4 Å². The van der Waals surface area contributed by atoms with E-state index in [0.717, 1.165) is 44.1 Å². The molecule has 0 aromatic heterocycles. The molecule has 0 bridgehead atoms. The van der Waals surface area contributed by atoms with Gasteiger partial charge in [0.15, 0.2) is 5.96 Å². The minimum absolute atomic E-state index is 0.171. The normalized spacial score (nSPS) is 12.8. The zero-order chi connectivity index (χ0) is 16.9. The van der Waals surface area contributed by atoms with Crippen LogP contribution in [0.2, 0.25) is 0 Å². The largest absolute Gasteiger partial charge is 0.497 e. The van der Waals surface area contributed by atoms with Crippen molar-refractivity contribution in [3.63, 3.8) is 0 Å². The zero-order valence-corrected chi connectivity index (χ0v) is 14.6. The van der Waals surface area contributed by atoms with E-state index in [-0.39, 0.29) is 12.5 Å². The Balaban J connectivity index is 2.24. The van der Waals surface area contributed by atoms with Crippen molar-refractivity contribution < 1.29 is 9.84 Å². The van der Waals surface area contributed by atoms with Gasteiger partial charge in [-0.2, -0.15) is 0 Å². The van der Waals surface area contributed by atoms with Crippen LogP contribution in [0, 0.1) is 5.92 Å². The molecule has 5 heteroatoms. The SMILES string of the molecule is CCNC(=NCC(C)CO)NCCCCc1ccc(OC)cc1. The van der Waals surface area contributed by atoms with Crippen molar-refractivity contribution in [3.8, 4) is 5.75 Å². The Labute approximate surface area is 140 Å². The third-order valence-corrected chi connectivity index (χ3v) is 3.56. The average Bonchev–Trinajstić information content (AvgIpc) is 2.59. The molecule has 1 rings (SSSR count). The minimum atomic E-state index is 0.171. The fourth-order valence-corrected chi connectivity index (χ4v) is 2.10. The first-order chi connectivity index (χ1) is 11.2. The molecule has 23 heavy (non-hydrogen) atoms. The van der Waals surface area contributed by atoms with E-state index >= 15 is 0 Å². The van der Waals surface area contributed by atoms with Crippen molar-refractivity contribution >= 4 is 5.96 Å². The van der Waals surface area contributed by atoms with Crippen LogP contribution >= 0.6 is 0 Å². The summed E-state index contributed by atoms with van der Waals surface area (Å²) in [6, 6.07) is 8.25. The highest BCUT2D eigenvalue weighted by Gasteiger charge is 2.01. The number of aryl methyl sites for hydroxylation is 1. The van der Waals surface area contributed by atoms with Crippen molar-refractivity contribution in [1.29, 1.82) is 0 Å². The Kier molecular flexibility index (Phi) is 9.87. The molecule has 0 radical (unpaired) electrons. The molecule has 0 aliphatic heterocycles. The molecule has 0 saturated heterocycles. The third kappa shape index (κ3) is 8.45. The van der Waals surface area contributed by atoms with Crippen LogP contribution in [0.1, 0.15) is 32.3 Å². The Hall–Kier alpha value is -1.75. The number of hydrogen-bond donors (Lipinski definition) is 3. The molecule has 0 fully saturated rings. The predicted molar refractivity (Wildman–Crippen MR) is 96.2 cm³/mol. The van der Waals surface area contributed by atoms with Crippen molar-refractivity contribution in [2.45, 2.75) is 33.1 Å². The van der Waals surface area contributed by atoms with E-state index in [1.807, 2.05) is 19.1 Å². The van der Waals surface area contributed by atoms with Gasteiger partial charge < -0.3 is 20.5 Å². The first-order valence-electron chi connectivity index (χ1n) is 8.45. The van der Waals surface area contributed by atoms with E-state index in [0.29, 0.717) is 6.54 Å². The maximum Gasteiger partial charge on any atom is 0.191 e. The van der Waals surface area contributed by atoms with Crippen LogP contribution in [0.15, 0.2) is 29.3 Å². The first kappa shape index (κ1) is 19.3. The summed E-state index contributed by atoms with van der Waals surface area (Å²) in [5.41, 5.74) is 1.34. The number of guanidine groups is 1. The summed E-state index contributed by atoms with van der Waals surface area (Å²) in [4.78, 5) is 4.48. The molecule has 0 heterocycles. The molecule has 1 aromatic carbocycles. The first-order valence-corrected chi connectivity index (χ1v) is 8.45. The number of benzene rings is 1. The van der Waals surface area contributed by atoms with Crippen LogP contribution in [-0.2, 0) is 6.42 Å². The molecular weight excluding hydrogens is 290 g/mol. The fourth-order valence-electron chi connectivity index (χ4n) is 2.10. The molecule has 0 spiro atoms. The van der Waals surface area contributed by atoms with E-state index in [1.165, 1.54) is 5.56 Å². The number of rotatable bonds is 10. The van der Waals surface area contributed by atoms with Gasteiger partial charge >= 0.3 is 0 Å². The topological polar surface area (TPSA) is 65.9 Å². The number of aliphatic imine (C=N–C) groups is 1. The van der Waals surface area contributed by atoms with Crippen LogP contribution in [-0.4, -0.2) is 44.4 Å². The third-order valence-electron chi connectivity index (χ3n) is 3.56. The number of methoxy groups -OCH3 is 1. The van der Waals surface area contributed by atoms with Gasteiger partial charge in [0.05, 0.1) is 7.11 Å². The molecule has 1 unspecified atom stereocenters. The number of unbranched alkanes of at least 4 members (excludes halogenated alkanes) is 1. The summed E-state index contributed by atoms with van der Waals surface area (Å²) in [6.07, 6.45) is 3.29. The standard InChI is InChI=1S/C18H31N3O2/c1-4-19-18(21-13-15(2)14-22)20-12-6-5-7-16-8-10-17(23-3)11-9-16/h8-11,15,22H,4-7,12-14H2,1-3H3,(H2,19,20,21). The molecule has 1 aromatic rings. The smallest absolute Gasteiger partial charge is 0.191 e. The summed E-state index contributed by atoms with van der Waals surface area (Å²) < 4.78 is 5.16. The van der Waals surface area contributed by atoms with Gasteiger partial charge in [0.1, 0.15) is 5.75 Å². The van der Waals surface area contributed by atoms with Gasteiger partial charge in [0.25, 0.3) is 0 Å². The molecular formula is C18H31N3O2. The fraction of sp³-hybridized carbons (Fsp3) is 0.611.